The van der Waals surface area contributed by atoms with Gasteiger partial charge in [0.05, 0.1) is 11.7 Å². The minimum Gasteiger partial charge on any atom is -0.390 e. The Kier molecular flexibility index (Phi) is 2.74. The van der Waals surface area contributed by atoms with Gasteiger partial charge in [0.25, 0.3) is 0 Å². The normalized spacial score (nSPS) is 56.1. The van der Waals surface area contributed by atoms with Crippen molar-refractivity contribution in [2.24, 2.45) is 22.7 Å². The molecule has 0 heterocycles. The minimum absolute atomic E-state index is 0.0855. The van der Waals surface area contributed by atoms with Gasteiger partial charge in [-0.05, 0) is 38.1 Å². The van der Waals surface area contributed by atoms with Gasteiger partial charge in [-0.25, -0.2) is 0 Å². The third kappa shape index (κ3) is 1.34. The molecule has 0 aliphatic heterocycles. The van der Waals surface area contributed by atoms with Crippen LogP contribution in [-0.2, 0) is 0 Å². The molecule has 3 nitrogen and oxygen atoms in total. The molecule has 0 aromatic heterocycles. The van der Waals surface area contributed by atoms with Crippen LogP contribution >= 0.6 is 0 Å². The monoisotopic (exact) mass is 265 g/mol. The van der Waals surface area contributed by atoms with Crippen LogP contribution in [0.2, 0.25) is 0 Å². The highest BCUT2D eigenvalue weighted by atomic mass is 16.3. The standard InChI is InChI=1S/C16H27NO2/c1-10-5-6-12-11(10)7-16(19)13(18)8-14(12,2)15(16,3)9-17-4/h6,10-11,13,17-19H,5,7-9H2,1-4H3. The molecule has 0 aromatic carbocycles. The quantitative estimate of drug-likeness (QED) is 0.666. The Morgan fingerprint density at radius 3 is 2.68 bits per heavy atom. The van der Waals surface area contributed by atoms with E-state index in [1.807, 2.05) is 7.05 Å². The van der Waals surface area contributed by atoms with Gasteiger partial charge in [-0.1, -0.05) is 32.4 Å². The number of hydrogen-bond donors (Lipinski definition) is 3. The summed E-state index contributed by atoms with van der Waals surface area (Å²) in [5.41, 5.74) is 0.169. The zero-order chi connectivity index (χ0) is 14.1. The van der Waals surface area contributed by atoms with E-state index in [-0.39, 0.29) is 10.8 Å². The van der Waals surface area contributed by atoms with Crippen LogP contribution in [0.15, 0.2) is 11.6 Å². The third-order valence-electron chi connectivity index (χ3n) is 6.82. The molecule has 3 N–H and O–H groups in total. The number of rotatable bonds is 2. The highest BCUT2D eigenvalue weighted by Gasteiger charge is 2.72. The average Bonchev–Trinajstić information content (AvgIpc) is 2.72. The third-order valence-corrected chi connectivity index (χ3v) is 6.82. The number of aliphatic hydroxyl groups is 2. The zero-order valence-electron chi connectivity index (χ0n) is 12.5. The van der Waals surface area contributed by atoms with Gasteiger partial charge < -0.3 is 15.5 Å². The van der Waals surface area contributed by atoms with Crippen molar-refractivity contribution in [1.29, 1.82) is 0 Å². The maximum Gasteiger partial charge on any atom is 0.0985 e. The van der Waals surface area contributed by atoms with Gasteiger partial charge in [0, 0.05) is 17.4 Å². The maximum atomic E-state index is 11.3. The van der Waals surface area contributed by atoms with Crippen molar-refractivity contribution in [2.45, 2.75) is 51.7 Å². The van der Waals surface area contributed by atoms with E-state index < -0.39 is 11.7 Å². The predicted molar refractivity (Wildman–Crippen MR) is 75.7 cm³/mol. The Bertz CT molecular complexity index is 434. The SMILES string of the molecule is CNCC1(C)C2(C)CC(O)C1(O)CC1C2=CCC1C. The first-order chi connectivity index (χ1) is 8.80. The van der Waals surface area contributed by atoms with Gasteiger partial charge in [-0.2, -0.15) is 0 Å². The lowest BCUT2D eigenvalue weighted by Gasteiger charge is -2.56. The maximum absolute atomic E-state index is 11.3. The smallest absolute Gasteiger partial charge is 0.0985 e. The Morgan fingerprint density at radius 2 is 2.05 bits per heavy atom. The number of hydrogen-bond acceptors (Lipinski definition) is 3. The molecule has 2 saturated carbocycles. The molecular weight excluding hydrogens is 238 g/mol. The highest BCUT2D eigenvalue weighted by Crippen LogP contribution is 2.70. The molecule has 0 amide bonds. The molecule has 108 valence electrons. The molecule has 0 radical (unpaired) electrons. The highest BCUT2D eigenvalue weighted by molar-refractivity contribution is 5.37. The Labute approximate surface area is 116 Å². The summed E-state index contributed by atoms with van der Waals surface area (Å²) in [5, 5.41) is 25.0. The van der Waals surface area contributed by atoms with Crippen molar-refractivity contribution in [3.8, 4) is 0 Å². The summed E-state index contributed by atoms with van der Waals surface area (Å²) < 4.78 is 0. The van der Waals surface area contributed by atoms with Crippen molar-refractivity contribution in [3.63, 3.8) is 0 Å². The minimum atomic E-state index is -0.953. The number of aliphatic hydroxyl groups excluding tert-OH is 1. The lowest BCUT2D eigenvalue weighted by Crippen LogP contribution is -2.61. The van der Waals surface area contributed by atoms with E-state index in [0.717, 1.165) is 19.4 Å². The lowest BCUT2D eigenvalue weighted by molar-refractivity contribution is -0.156. The topological polar surface area (TPSA) is 52.5 Å². The van der Waals surface area contributed by atoms with Crippen LogP contribution in [0.4, 0.5) is 0 Å². The van der Waals surface area contributed by atoms with Crippen LogP contribution in [-0.4, -0.2) is 35.5 Å². The molecule has 3 heteroatoms. The van der Waals surface area contributed by atoms with Crippen molar-refractivity contribution in [2.75, 3.05) is 13.6 Å². The first kappa shape index (κ1) is 13.6. The van der Waals surface area contributed by atoms with Gasteiger partial charge in [-0.15, -0.1) is 0 Å². The van der Waals surface area contributed by atoms with Crippen LogP contribution < -0.4 is 5.32 Å². The lowest BCUT2D eigenvalue weighted by atomic mass is 9.51. The molecule has 3 rings (SSSR count). The predicted octanol–water partition coefficient (Wildman–Crippen LogP) is 1.70. The number of fused-ring (bicyclic) bond motifs is 4. The van der Waals surface area contributed by atoms with Gasteiger partial charge in [0.15, 0.2) is 0 Å². The van der Waals surface area contributed by atoms with Gasteiger partial charge >= 0.3 is 0 Å². The molecule has 19 heavy (non-hydrogen) atoms. The molecule has 6 atom stereocenters. The number of allylic oxidation sites excluding steroid dienone is 2. The van der Waals surface area contributed by atoms with Crippen molar-refractivity contribution < 1.29 is 10.2 Å². The molecule has 0 aromatic rings. The van der Waals surface area contributed by atoms with Crippen LogP contribution in [0.1, 0.15) is 40.0 Å². The molecule has 0 saturated heterocycles. The average molecular weight is 265 g/mol. The summed E-state index contributed by atoms with van der Waals surface area (Å²) in [7, 11) is 1.93. The second-order valence-electron chi connectivity index (χ2n) is 7.52. The summed E-state index contributed by atoms with van der Waals surface area (Å²) in [6.07, 6.45) is 4.32. The molecular formula is C16H27NO2. The van der Waals surface area contributed by atoms with Crippen LogP contribution in [0.3, 0.4) is 0 Å². The van der Waals surface area contributed by atoms with E-state index in [9.17, 15) is 10.2 Å². The van der Waals surface area contributed by atoms with E-state index in [0.29, 0.717) is 18.3 Å². The Balaban J connectivity index is 2.14. The molecule has 0 spiro atoms. The molecule has 3 aliphatic rings. The van der Waals surface area contributed by atoms with Crippen LogP contribution in [0, 0.1) is 22.7 Å². The van der Waals surface area contributed by atoms with Crippen molar-refractivity contribution in [1.82, 2.24) is 5.32 Å². The largest absolute Gasteiger partial charge is 0.390 e. The fourth-order valence-corrected chi connectivity index (χ4v) is 5.34. The molecule has 2 bridgehead atoms. The Morgan fingerprint density at radius 1 is 1.37 bits per heavy atom. The van der Waals surface area contributed by atoms with Crippen LogP contribution in [0.5, 0.6) is 0 Å². The summed E-state index contributed by atoms with van der Waals surface area (Å²) in [6.45, 7) is 7.42. The summed E-state index contributed by atoms with van der Waals surface area (Å²) in [4.78, 5) is 0. The fourth-order valence-electron chi connectivity index (χ4n) is 5.34. The molecule has 6 unspecified atom stereocenters. The van der Waals surface area contributed by atoms with E-state index in [4.69, 9.17) is 0 Å². The fraction of sp³-hybridized carbons (Fsp3) is 0.875. The zero-order valence-corrected chi connectivity index (χ0v) is 12.5. The Hall–Kier alpha value is -0.380. The summed E-state index contributed by atoms with van der Waals surface area (Å²) in [5.74, 6) is 1.06. The van der Waals surface area contributed by atoms with Crippen LogP contribution in [0.25, 0.3) is 0 Å². The van der Waals surface area contributed by atoms with Gasteiger partial charge in [0.2, 0.25) is 0 Å². The van der Waals surface area contributed by atoms with Gasteiger partial charge in [-0.3, -0.25) is 0 Å². The van der Waals surface area contributed by atoms with Gasteiger partial charge in [0.1, 0.15) is 0 Å². The van der Waals surface area contributed by atoms with E-state index in [1.165, 1.54) is 5.57 Å². The van der Waals surface area contributed by atoms with E-state index >= 15 is 0 Å². The van der Waals surface area contributed by atoms with E-state index in [2.05, 4.69) is 32.2 Å². The van der Waals surface area contributed by atoms with E-state index in [1.54, 1.807) is 0 Å². The number of nitrogens with one attached hydrogen (secondary N) is 1. The van der Waals surface area contributed by atoms with Crippen molar-refractivity contribution >= 4 is 0 Å². The molecule has 3 aliphatic carbocycles. The molecule has 2 fully saturated rings. The van der Waals surface area contributed by atoms with Crippen molar-refractivity contribution in [3.05, 3.63) is 11.6 Å². The summed E-state index contributed by atoms with van der Waals surface area (Å²) in [6, 6.07) is 0. The first-order valence-electron chi connectivity index (χ1n) is 7.56. The second kappa shape index (κ2) is 3.84. The second-order valence-corrected chi connectivity index (χ2v) is 7.52. The summed E-state index contributed by atoms with van der Waals surface area (Å²) >= 11 is 0. The first-order valence-corrected chi connectivity index (χ1v) is 7.56.